The SMILES string of the molecule is CCC(C)N(Cc1ccccc1)C(=O)c1cccnc1OC. The number of hydrogen-bond acceptors (Lipinski definition) is 3. The number of nitrogens with zero attached hydrogens (tertiary/aromatic N) is 2. The summed E-state index contributed by atoms with van der Waals surface area (Å²) in [6.45, 7) is 4.72. The second-order valence-corrected chi connectivity index (χ2v) is 5.24. The Morgan fingerprint density at radius 3 is 2.59 bits per heavy atom. The number of carbonyl (C=O) groups is 1. The molecule has 0 bridgehead atoms. The van der Waals surface area contributed by atoms with E-state index in [-0.39, 0.29) is 11.9 Å². The largest absolute Gasteiger partial charge is 0.480 e. The van der Waals surface area contributed by atoms with Gasteiger partial charge in [0.15, 0.2) is 0 Å². The lowest BCUT2D eigenvalue weighted by Gasteiger charge is -2.29. The molecule has 0 aliphatic rings. The highest BCUT2D eigenvalue weighted by Gasteiger charge is 2.23. The van der Waals surface area contributed by atoms with Gasteiger partial charge in [0.1, 0.15) is 5.56 Å². The molecule has 0 N–H and O–H groups in total. The molecule has 116 valence electrons. The number of benzene rings is 1. The molecule has 1 unspecified atom stereocenters. The number of rotatable bonds is 6. The van der Waals surface area contributed by atoms with Crippen LogP contribution >= 0.6 is 0 Å². The number of pyridine rings is 1. The Balaban J connectivity index is 2.30. The smallest absolute Gasteiger partial charge is 0.259 e. The van der Waals surface area contributed by atoms with Crippen LogP contribution in [0.4, 0.5) is 0 Å². The topological polar surface area (TPSA) is 42.4 Å². The third-order valence-electron chi connectivity index (χ3n) is 3.77. The van der Waals surface area contributed by atoms with E-state index in [0.717, 1.165) is 12.0 Å². The van der Waals surface area contributed by atoms with Crippen molar-refractivity contribution in [1.29, 1.82) is 0 Å². The third-order valence-corrected chi connectivity index (χ3v) is 3.77. The van der Waals surface area contributed by atoms with E-state index in [4.69, 9.17) is 4.74 Å². The Hall–Kier alpha value is -2.36. The van der Waals surface area contributed by atoms with Gasteiger partial charge >= 0.3 is 0 Å². The first-order valence-corrected chi connectivity index (χ1v) is 7.51. The lowest BCUT2D eigenvalue weighted by Crippen LogP contribution is -2.38. The van der Waals surface area contributed by atoms with Gasteiger partial charge in [-0.2, -0.15) is 0 Å². The number of carbonyl (C=O) groups excluding carboxylic acids is 1. The van der Waals surface area contributed by atoms with Gasteiger partial charge in [-0.1, -0.05) is 37.3 Å². The van der Waals surface area contributed by atoms with E-state index in [2.05, 4.69) is 18.8 Å². The summed E-state index contributed by atoms with van der Waals surface area (Å²) >= 11 is 0. The van der Waals surface area contributed by atoms with Crippen molar-refractivity contribution in [3.8, 4) is 5.88 Å². The van der Waals surface area contributed by atoms with Gasteiger partial charge in [-0.15, -0.1) is 0 Å². The molecule has 4 nitrogen and oxygen atoms in total. The fraction of sp³-hybridized carbons (Fsp3) is 0.333. The Bertz CT molecular complexity index is 613. The predicted molar refractivity (Wildman–Crippen MR) is 86.9 cm³/mol. The number of methoxy groups -OCH3 is 1. The zero-order valence-electron chi connectivity index (χ0n) is 13.3. The summed E-state index contributed by atoms with van der Waals surface area (Å²) in [6.07, 6.45) is 2.52. The van der Waals surface area contributed by atoms with Crippen molar-refractivity contribution in [2.75, 3.05) is 7.11 Å². The van der Waals surface area contributed by atoms with Crippen molar-refractivity contribution in [3.05, 3.63) is 59.8 Å². The van der Waals surface area contributed by atoms with Gasteiger partial charge in [0.2, 0.25) is 5.88 Å². The van der Waals surface area contributed by atoms with Crippen molar-refractivity contribution in [2.24, 2.45) is 0 Å². The highest BCUT2D eigenvalue weighted by molar-refractivity contribution is 5.96. The zero-order valence-corrected chi connectivity index (χ0v) is 13.3. The normalized spacial score (nSPS) is 11.8. The average molecular weight is 298 g/mol. The molecular weight excluding hydrogens is 276 g/mol. The second-order valence-electron chi connectivity index (χ2n) is 5.24. The summed E-state index contributed by atoms with van der Waals surface area (Å²) < 4.78 is 5.22. The molecule has 0 saturated heterocycles. The molecule has 1 atom stereocenters. The van der Waals surface area contributed by atoms with Crippen LogP contribution in [0.25, 0.3) is 0 Å². The van der Waals surface area contributed by atoms with Crippen LogP contribution < -0.4 is 4.74 Å². The van der Waals surface area contributed by atoms with Crippen molar-refractivity contribution >= 4 is 5.91 Å². The van der Waals surface area contributed by atoms with E-state index >= 15 is 0 Å². The summed E-state index contributed by atoms with van der Waals surface area (Å²) in [5.74, 6) is 0.317. The van der Waals surface area contributed by atoms with E-state index in [0.29, 0.717) is 18.0 Å². The molecule has 0 radical (unpaired) electrons. The van der Waals surface area contributed by atoms with Gasteiger partial charge in [-0.3, -0.25) is 4.79 Å². The molecule has 0 saturated carbocycles. The van der Waals surface area contributed by atoms with Crippen LogP contribution in [-0.2, 0) is 6.54 Å². The van der Waals surface area contributed by atoms with Gasteiger partial charge in [0, 0.05) is 18.8 Å². The van der Waals surface area contributed by atoms with Crippen molar-refractivity contribution in [3.63, 3.8) is 0 Å². The van der Waals surface area contributed by atoms with Crippen LogP contribution in [0.5, 0.6) is 5.88 Å². The second kappa shape index (κ2) is 7.59. The van der Waals surface area contributed by atoms with Gasteiger partial charge in [-0.25, -0.2) is 4.98 Å². The molecule has 2 aromatic rings. The van der Waals surface area contributed by atoms with Crippen LogP contribution in [0.3, 0.4) is 0 Å². The average Bonchev–Trinajstić information content (AvgIpc) is 2.59. The minimum atomic E-state index is -0.0526. The highest BCUT2D eigenvalue weighted by atomic mass is 16.5. The van der Waals surface area contributed by atoms with Gasteiger partial charge in [0.25, 0.3) is 5.91 Å². The molecule has 4 heteroatoms. The van der Waals surface area contributed by atoms with Crippen LogP contribution in [-0.4, -0.2) is 28.9 Å². The van der Waals surface area contributed by atoms with E-state index in [1.54, 1.807) is 18.3 Å². The number of hydrogen-bond donors (Lipinski definition) is 0. The molecule has 2 rings (SSSR count). The minimum absolute atomic E-state index is 0.0526. The Kier molecular flexibility index (Phi) is 5.53. The quantitative estimate of drug-likeness (QED) is 0.819. The number of aromatic nitrogens is 1. The summed E-state index contributed by atoms with van der Waals surface area (Å²) in [5.41, 5.74) is 1.61. The maximum atomic E-state index is 12.9. The monoisotopic (exact) mass is 298 g/mol. The minimum Gasteiger partial charge on any atom is -0.480 e. The predicted octanol–water partition coefficient (Wildman–Crippen LogP) is 3.53. The highest BCUT2D eigenvalue weighted by Crippen LogP contribution is 2.20. The van der Waals surface area contributed by atoms with Crippen LogP contribution in [0, 0.1) is 0 Å². The molecule has 0 aliphatic carbocycles. The number of amides is 1. The van der Waals surface area contributed by atoms with Crippen molar-refractivity contribution < 1.29 is 9.53 Å². The fourth-order valence-corrected chi connectivity index (χ4v) is 2.30. The summed E-state index contributed by atoms with van der Waals surface area (Å²) in [5, 5.41) is 0. The molecule has 0 spiro atoms. The van der Waals surface area contributed by atoms with Crippen LogP contribution in [0.15, 0.2) is 48.7 Å². The maximum Gasteiger partial charge on any atom is 0.259 e. The Morgan fingerprint density at radius 1 is 1.23 bits per heavy atom. The van der Waals surface area contributed by atoms with E-state index < -0.39 is 0 Å². The summed E-state index contributed by atoms with van der Waals surface area (Å²) in [4.78, 5) is 18.9. The molecule has 22 heavy (non-hydrogen) atoms. The summed E-state index contributed by atoms with van der Waals surface area (Å²) in [6, 6.07) is 13.7. The summed E-state index contributed by atoms with van der Waals surface area (Å²) in [7, 11) is 1.53. The molecule has 1 heterocycles. The zero-order chi connectivity index (χ0) is 15.9. The Morgan fingerprint density at radius 2 is 1.95 bits per heavy atom. The van der Waals surface area contributed by atoms with E-state index in [1.807, 2.05) is 35.2 Å². The number of ether oxygens (including phenoxy) is 1. The first-order chi connectivity index (χ1) is 10.7. The Labute approximate surface area is 131 Å². The van der Waals surface area contributed by atoms with Gasteiger partial charge < -0.3 is 9.64 Å². The molecule has 1 aromatic heterocycles. The molecular formula is C18H22N2O2. The molecule has 0 aliphatic heterocycles. The van der Waals surface area contributed by atoms with Crippen LogP contribution in [0.1, 0.15) is 36.2 Å². The first-order valence-electron chi connectivity index (χ1n) is 7.51. The maximum absolute atomic E-state index is 12.9. The van der Waals surface area contributed by atoms with Gasteiger partial charge in [0.05, 0.1) is 7.11 Å². The third kappa shape index (κ3) is 3.64. The lowest BCUT2D eigenvalue weighted by molar-refractivity contribution is 0.0667. The van der Waals surface area contributed by atoms with Crippen molar-refractivity contribution in [1.82, 2.24) is 9.88 Å². The standard InChI is InChI=1S/C18H22N2O2/c1-4-14(2)20(13-15-9-6-5-7-10-15)18(21)16-11-8-12-19-17(16)22-3/h5-12,14H,4,13H2,1-3H3. The van der Waals surface area contributed by atoms with Gasteiger partial charge in [-0.05, 0) is 31.0 Å². The molecule has 0 fully saturated rings. The van der Waals surface area contributed by atoms with E-state index in [1.165, 1.54) is 7.11 Å². The fourth-order valence-electron chi connectivity index (χ4n) is 2.30. The molecule has 1 amide bonds. The molecule has 1 aromatic carbocycles. The lowest BCUT2D eigenvalue weighted by atomic mass is 10.1. The first kappa shape index (κ1) is 16.0. The van der Waals surface area contributed by atoms with Crippen LogP contribution in [0.2, 0.25) is 0 Å². The van der Waals surface area contributed by atoms with Crippen molar-refractivity contribution in [2.45, 2.75) is 32.9 Å². The van der Waals surface area contributed by atoms with E-state index in [9.17, 15) is 4.79 Å².